The molecule has 2 aromatic carbocycles. The number of hydrogen-bond acceptors (Lipinski definition) is 12. The third-order valence-electron chi connectivity index (χ3n) is 8.73. The van der Waals surface area contributed by atoms with Crippen molar-refractivity contribution >= 4 is 17.6 Å². The molecular weight excluding hydrogens is 709 g/mol. The van der Waals surface area contributed by atoms with Gasteiger partial charge in [-0.25, -0.2) is 14.4 Å². The van der Waals surface area contributed by atoms with Crippen molar-refractivity contribution in [3.8, 4) is 17.3 Å². The summed E-state index contributed by atoms with van der Waals surface area (Å²) < 4.78 is 44.0. The van der Waals surface area contributed by atoms with Crippen molar-refractivity contribution in [1.29, 1.82) is 0 Å². The minimum atomic E-state index is -0.591. The lowest BCUT2D eigenvalue weighted by Gasteiger charge is -2.17. The van der Waals surface area contributed by atoms with E-state index in [1.165, 1.54) is 19.5 Å². The summed E-state index contributed by atoms with van der Waals surface area (Å²) in [6.07, 6.45) is 10.0. The summed E-state index contributed by atoms with van der Waals surface area (Å²) in [6.45, 7) is 6.11. The van der Waals surface area contributed by atoms with E-state index in [1.54, 1.807) is 49.5 Å². The molecule has 0 fully saturated rings. The van der Waals surface area contributed by atoms with Crippen LogP contribution in [0.5, 0.6) is 5.75 Å². The van der Waals surface area contributed by atoms with E-state index in [9.17, 15) is 14.0 Å². The van der Waals surface area contributed by atoms with Crippen molar-refractivity contribution in [2.24, 2.45) is 7.05 Å². The summed E-state index contributed by atoms with van der Waals surface area (Å²) in [7, 11) is 3.27. The van der Waals surface area contributed by atoms with Crippen LogP contribution in [0, 0.1) is 5.82 Å². The van der Waals surface area contributed by atoms with Crippen LogP contribution in [0.1, 0.15) is 86.1 Å². The number of hydrogen-bond donors (Lipinski definition) is 2. The number of anilines is 1. The second kappa shape index (κ2) is 24.4. The third-order valence-corrected chi connectivity index (χ3v) is 8.73. The summed E-state index contributed by atoms with van der Waals surface area (Å²) >= 11 is 0. The van der Waals surface area contributed by atoms with E-state index in [4.69, 9.17) is 18.9 Å². The number of aromatic nitrogens is 5. The second-order valence-corrected chi connectivity index (χ2v) is 12.9. The van der Waals surface area contributed by atoms with Crippen molar-refractivity contribution in [2.75, 3.05) is 58.7 Å². The predicted octanol–water partition coefficient (Wildman–Crippen LogP) is 6.24. The van der Waals surface area contributed by atoms with Gasteiger partial charge in [-0.15, -0.1) is 10.2 Å². The fraction of sp³-hybridized carbons (Fsp3) is 0.500. The van der Waals surface area contributed by atoms with E-state index in [0.29, 0.717) is 93.4 Å². The highest BCUT2D eigenvalue weighted by molar-refractivity contribution is 5.95. The van der Waals surface area contributed by atoms with Crippen LogP contribution in [0.3, 0.4) is 0 Å². The number of unbranched alkanes of at least 4 members (excludes halogenated alkanes) is 5. The molecule has 1 amide bonds. The monoisotopic (exact) mass is 763 g/mol. The van der Waals surface area contributed by atoms with E-state index in [-0.39, 0.29) is 11.9 Å². The third kappa shape index (κ3) is 15.3. The van der Waals surface area contributed by atoms with Crippen LogP contribution in [-0.4, -0.2) is 90.0 Å². The molecule has 0 radical (unpaired) electrons. The van der Waals surface area contributed by atoms with Gasteiger partial charge in [0, 0.05) is 49.7 Å². The Balaban J connectivity index is 1.06. The van der Waals surface area contributed by atoms with Gasteiger partial charge in [0.15, 0.2) is 11.6 Å². The van der Waals surface area contributed by atoms with E-state index < -0.39 is 11.9 Å². The average molecular weight is 764 g/mol. The number of nitrogens with zero attached hydrogens (tertiary/aromatic N) is 5. The highest BCUT2D eigenvalue weighted by atomic mass is 19.1. The zero-order valence-electron chi connectivity index (χ0n) is 32.1. The van der Waals surface area contributed by atoms with Gasteiger partial charge >= 0.3 is 5.97 Å². The van der Waals surface area contributed by atoms with Gasteiger partial charge in [0.2, 0.25) is 0 Å². The Bertz CT molecular complexity index is 1730. The van der Waals surface area contributed by atoms with Crippen LogP contribution in [-0.2, 0) is 37.3 Å². The minimum Gasteiger partial charge on any atom is -0.494 e. The first-order valence-electron chi connectivity index (χ1n) is 18.9. The molecule has 0 bridgehead atoms. The highest BCUT2D eigenvalue weighted by Crippen LogP contribution is 2.24. The number of benzene rings is 2. The lowest BCUT2D eigenvalue weighted by atomic mass is 10.1. The maximum Gasteiger partial charge on any atom is 0.305 e. The first-order valence-corrected chi connectivity index (χ1v) is 18.9. The van der Waals surface area contributed by atoms with E-state index >= 15 is 0 Å². The molecule has 4 aromatic rings. The summed E-state index contributed by atoms with van der Waals surface area (Å²) in [5, 5.41) is 14.7. The quantitative estimate of drug-likeness (QED) is 0.0521. The highest BCUT2D eigenvalue weighted by Gasteiger charge is 2.17. The number of carbonyl (C=O) groups is 2. The molecule has 14 nitrogen and oxygen atoms in total. The fourth-order valence-electron chi connectivity index (χ4n) is 5.56. The molecule has 0 aliphatic heterocycles. The Morgan fingerprint density at radius 3 is 2.25 bits per heavy atom. The van der Waals surface area contributed by atoms with Crippen LogP contribution in [0.15, 0.2) is 61.1 Å². The normalized spacial score (nSPS) is 11.6. The van der Waals surface area contributed by atoms with E-state index in [1.807, 2.05) is 17.7 Å². The van der Waals surface area contributed by atoms with Crippen LogP contribution >= 0.6 is 0 Å². The molecule has 2 aromatic heterocycles. The number of rotatable bonds is 27. The number of ether oxygens (including phenoxy) is 5. The SMILES string of the molecule is COC(=O)CCCCCOCCOCCOCCCCCCOc1ccc(F)c([C@@H](C)NC(=O)c2cccc(NCc3nnc(-c4ccncn4)n3C)c2)c1. The van der Waals surface area contributed by atoms with E-state index in [0.717, 1.165) is 50.6 Å². The summed E-state index contributed by atoms with van der Waals surface area (Å²) in [4.78, 5) is 32.4. The Labute approximate surface area is 322 Å². The first-order chi connectivity index (χ1) is 26.9. The Kier molecular flexibility index (Phi) is 19.0. The molecule has 0 aliphatic carbocycles. The van der Waals surface area contributed by atoms with Crippen LogP contribution in [0.2, 0.25) is 0 Å². The summed E-state index contributed by atoms with van der Waals surface area (Å²) in [5.41, 5.74) is 2.17. The molecule has 0 saturated heterocycles. The van der Waals surface area contributed by atoms with Gasteiger partial charge in [-0.2, -0.15) is 0 Å². The van der Waals surface area contributed by atoms with Gasteiger partial charge in [0.1, 0.15) is 23.6 Å². The fourth-order valence-corrected chi connectivity index (χ4v) is 5.56. The van der Waals surface area contributed by atoms with Gasteiger partial charge in [-0.3, -0.25) is 9.59 Å². The van der Waals surface area contributed by atoms with Crippen LogP contribution in [0.4, 0.5) is 10.1 Å². The van der Waals surface area contributed by atoms with Gasteiger partial charge < -0.3 is 38.9 Å². The zero-order chi connectivity index (χ0) is 39.1. The van der Waals surface area contributed by atoms with Crippen molar-refractivity contribution in [2.45, 2.75) is 70.9 Å². The summed E-state index contributed by atoms with van der Waals surface area (Å²) in [5.74, 6) is 0.953. The lowest BCUT2D eigenvalue weighted by Crippen LogP contribution is -2.27. The molecule has 55 heavy (non-hydrogen) atoms. The Morgan fingerprint density at radius 1 is 0.836 bits per heavy atom. The number of amides is 1. The molecule has 15 heteroatoms. The molecule has 0 spiro atoms. The average Bonchev–Trinajstić information content (AvgIpc) is 3.58. The van der Waals surface area contributed by atoms with Gasteiger partial charge in [-0.1, -0.05) is 18.9 Å². The number of carbonyl (C=O) groups excluding carboxylic acids is 2. The number of methoxy groups -OCH3 is 1. The van der Waals surface area contributed by atoms with Crippen molar-refractivity contribution in [1.82, 2.24) is 30.0 Å². The molecule has 1 atom stereocenters. The molecule has 2 N–H and O–H groups in total. The summed E-state index contributed by atoms with van der Waals surface area (Å²) in [6, 6.07) is 12.9. The van der Waals surface area contributed by atoms with Gasteiger partial charge in [-0.05, 0) is 81.5 Å². The number of nitrogens with one attached hydrogen (secondary N) is 2. The van der Waals surface area contributed by atoms with Gasteiger partial charge in [0.25, 0.3) is 5.91 Å². The number of esters is 1. The van der Waals surface area contributed by atoms with Crippen LogP contribution < -0.4 is 15.4 Å². The Morgan fingerprint density at radius 2 is 1.55 bits per heavy atom. The van der Waals surface area contributed by atoms with Gasteiger partial charge in [0.05, 0.1) is 52.7 Å². The molecule has 0 unspecified atom stereocenters. The second-order valence-electron chi connectivity index (χ2n) is 12.9. The number of halogens is 1. The molecule has 298 valence electrons. The maximum atomic E-state index is 14.9. The largest absolute Gasteiger partial charge is 0.494 e. The van der Waals surface area contributed by atoms with Crippen molar-refractivity contribution in [3.05, 3.63) is 83.8 Å². The van der Waals surface area contributed by atoms with Crippen LogP contribution in [0.25, 0.3) is 11.5 Å². The van der Waals surface area contributed by atoms with Crippen molar-refractivity contribution < 1.29 is 37.7 Å². The molecule has 0 saturated carbocycles. The molecular formula is C40H54FN7O7. The zero-order valence-corrected chi connectivity index (χ0v) is 32.1. The lowest BCUT2D eigenvalue weighted by molar-refractivity contribution is -0.140. The van der Waals surface area contributed by atoms with Crippen molar-refractivity contribution in [3.63, 3.8) is 0 Å². The molecule has 0 aliphatic rings. The molecule has 2 heterocycles. The van der Waals surface area contributed by atoms with E-state index in [2.05, 4.69) is 35.5 Å². The molecule has 4 rings (SSSR count). The first kappa shape index (κ1) is 42.7. The predicted molar refractivity (Wildman–Crippen MR) is 205 cm³/mol. The topological polar surface area (TPSA) is 161 Å². The standard InChI is InChI=1S/C40H54FN7O7/c1-30(45-40(50)31-12-11-13-32(26-31)43-28-37-46-47-39(48(37)2)36-17-18-42-29-44-36)34-27-33(15-16-35(34)41)55-21-10-5-4-8-19-52-22-24-54-25-23-53-20-9-6-7-14-38(49)51-3/h11-13,15-18,26-27,29-30,43H,4-10,14,19-25,28H2,1-3H3,(H,45,50)/t30-/m1/s1. The Hall–Kier alpha value is -4.99. The maximum absolute atomic E-state index is 14.9. The minimum absolute atomic E-state index is 0.169. The smallest absolute Gasteiger partial charge is 0.305 e.